The third-order valence-corrected chi connectivity index (χ3v) is 4.67. The maximum atomic E-state index is 12.2. The molecule has 1 saturated heterocycles. The van der Waals surface area contributed by atoms with E-state index in [-0.39, 0.29) is 5.91 Å². The number of rotatable bonds is 6. The Labute approximate surface area is 148 Å². The van der Waals surface area contributed by atoms with Crippen LogP contribution in [0.15, 0.2) is 36.7 Å². The minimum Gasteiger partial charge on any atom is -0.352 e. The molecule has 3 rings (SSSR count). The molecule has 1 aromatic carbocycles. The number of aromatic nitrogens is 2. The molecular weight excluding hydrogens is 314 g/mol. The van der Waals surface area contributed by atoms with E-state index in [1.54, 1.807) is 17.1 Å². The van der Waals surface area contributed by atoms with Crippen LogP contribution in [0.25, 0.3) is 0 Å². The van der Waals surface area contributed by atoms with Crippen molar-refractivity contribution in [2.75, 3.05) is 19.6 Å². The summed E-state index contributed by atoms with van der Waals surface area (Å²) < 4.78 is 1.75. The van der Waals surface area contributed by atoms with Crippen molar-refractivity contribution in [3.63, 3.8) is 0 Å². The highest BCUT2D eigenvalue weighted by Gasteiger charge is 2.23. The molecule has 1 aromatic heterocycles. The Morgan fingerprint density at radius 2 is 2.28 bits per heavy atom. The molecule has 0 bridgehead atoms. The molecule has 6 heteroatoms. The minimum absolute atomic E-state index is 0.0621. The van der Waals surface area contributed by atoms with Crippen LogP contribution in [0.4, 0.5) is 0 Å². The Morgan fingerprint density at radius 3 is 3.04 bits per heavy atom. The molecule has 6 nitrogen and oxygen atoms in total. The van der Waals surface area contributed by atoms with Gasteiger partial charge in [-0.05, 0) is 37.4 Å². The zero-order valence-electron chi connectivity index (χ0n) is 14.5. The molecule has 1 unspecified atom stereocenters. The number of amides is 1. The largest absolute Gasteiger partial charge is 0.352 e. The highest BCUT2D eigenvalue weighted by molar-refractivity contribution is 5.93. The molecule has 1 atom stereocenters. The molecule has 2 aromatic rings. The highest BCUT2D eigenvalue weighted by atomic mass is 16.1. The third kappa shape index (κ3) is 4.25. The van der Waals surface area contributed by atoms with Crippen LogP contribution in [0.2, 0.25) is 0 Å². The normalized spacial score (nSPS) is 17.4. The zero-order chi connectivity index (χ0) is 17.6. The van der Waals surface area contributed by atoms with Gasteiger partial charge in [-0.1, -0.05) is 18.2 Å². The molecule has 1 N–H and O–H groups in total. The number of nitrogens with one attached hydrogen (secondary N) is 1. The predicted molar refractivity (Wildman–Crippen MR) is 94.8 cm³/mol. The van der Waals surface area contributed by atoms with Crippen LogP contribution < -0.4 is 5.32 Å². The first-order chi connectivity index (χ1) is 12.2. The summed E-state index contributed by atoms with van der Waals surface area (Å²) in [6, 6.07) is 9.99. The molecule has 0 aliphatic carbocycles. The Hall–Kier alpha value is -2.65. The second kappa shape index (κ2) is 7.95. The Balaban J connectivity index is 1.48. The van der Waals surface area contributed by atoms with Crippen LogP contribution in [0.3, 0.4) is 0 Å². The molecule has 2 heterocycles. The molecule has 25 heavy (non-hydrogen) atoms. The lowest BCUT2D eigenvalue weighted by atomic mass is 10.1. The Bertz CT molecular complexity index is 776. The summed E-state index contributed by atoms with van der Waals surface area (Å²) in [5, 5.41) is 16.3. The number of carbonyl (C=O) groups is 1. The van der Waals surface area contributed by atoms with Crippen molar-refractivity contribution >= 4 is 5.91 Å². The molecule has 130 valence electrons. The van der Waals surface area contributed by atoms with Crippen molar-refractivity contribution in [1.29, 1.82) is 5.26 Å². The Kier molecular flexibility index (Phi) is 5.46. The summed E-state index contributed by atoms with van der Waals surface area (Å²) in [6.07, 6.45) is 4.44. The fraction of sp³-hybridized carbons (Fsp3) is 0.421. The standard InChI is InChI=1S/C19H23N5O/c1-2-24-14-18(11-22-24)19(25)21-10-15-7-8-23(12-15)13-17-6-4-3-5-16(17)9-20/h3-6,11,14-15H,2,7-8,10,12-13H2,1H3,(H,21,25). The topological polar surface area (TPSA) is 74.0 Å². The van der Waals surface area contributed by atoms with Gasteiger partial charge >= 0.3 is 0 Å². The van der Waals surface area contributed by atoms with Gasteiger partial charge in [0, 0.05) is 32.4 Å². The fourth-order valence-electron chi connectivity index (χ4n) is 3.22. The predicted octanol–water partition coefficient (Wildman–Crippen LogP) is 2.03. The SMILES string of the molecule is CCn1cc(C(=O)NCC2CCN(Cc3ccccc3C#N)C2)cn1. The number of hydrogen-bond donors (Lipinski definition) is 1. The van der Waals surface area contributed by atoms with Gasteiger partial charge in [0.1, 0.15) is 0 Å². The average Bonchev–Trinajstić information content (AvgIpc) is 3.29. The van der Waals surface area contributed by atoms with Crippen molar-refractivity contribution in [1.82, 2.24) is 20.0 Å². The molecule has 1 aliphatic heterocycles. The van der Waals surface area contributed by atoms with Crippen LogP contribution in [0.1, 0.15) is 34.8 Å². The summed E-state index contributed by atoms with van der Waals surface area (Å²) in [7, 11) is 0. The first-order valence-electron chi connectivity index (χ1n) is 8.70. The first kappa shape index (κ1) is 17.2. The van der Waals surface area contributed by atoms with E-state index in [9.17, 15) is 10.1 Å². The molecule has 0 radical (unpaired) electrons. The van der Waals surface area contributed by atoms with Crippen molar-refractivity contribution < 1.29 is 4.79 Å². The number of nitrogens with zero attached hydrogens (tertiary/aromatic N) is 4. The number of nitriles is 1. The second-order valence-corrected chi connectivity index (χ2v) is 6.45. The zero-order valence-corrected chi connectivity index (χ0v) is 14.5. The average molecular weight is 337 g/mol. The fourth-order valence-corrected chi connectivity index (χ4v) is 3.22. The molecule has 0 saturated carbocycles. The van der Waals surface area contributed by atoms with Crippen LogP contribution >= 0.6 is 0 Å². The van der Waals surface area contributed by atoms with E-state index in [4.69, 9.17) is 0 Å². The maximum absolute atomic E-state index is 12.2. The van der Waals surface area contributed by atoms with Gasteiger partial charge in [0.05, 0.1) is 23.4 Å². The second-order valence-electron chi connectivity index (χ2n) is 6.45. The van der Waals surface area contributed by atoms with Gasteiger partial charge in [0.25, 0.3) is 5.91 Å². The summed E-state index contributed by atoms with van der Waals surface area (Å²) in [5.74, 6) is 0.382. The summed E-state index contributed by atoms with van der Waals surface area (Å²) in [4.78, 5) is 14.5. The molecule has 1 amide bonds. The van der Waals surface area contributed by atoms with Gasteiger partial charge in [-0.25, -0.2) is 0 Å². The quantitative estimate of drug-likeness (QED) is 0.875. The van der Waals surface area contributed by atoms with Gasteiger partial charge in [0.2, 0.25) is 0 Å². The van der Waals surface area contributed by atoms with E-state index in [1.165, 1.54) is 0 Å². The molecular formula is C19H23N5O. The van der Waals surface area contributed by atoms with Gasteiger partial charge in [-0.3, -0.25) is 14.4 Å². The van der Waals surface area contributed by atoms with Crippen LogP contribution in [0, 0.1) is 17.2 Å². The highest BCUT2D eigenvalue weighted by Crippen LogP contribution is 2.19. The lowest BCUT2D eigenvalue weighted by Gasteiger charge is -2.17. The number of hydrogen-bond acceptors (Lipinski definition) is 4. The van der Waals surface area contributed by atoms with Crippen LogP contribution in [-0.2, 0) is 13.1 Å². The smallest absolute Gasteiger partial charge is 0.254 e. The lowest BCUT2D eigenvalue weighted by Crippen LogP contribution is -2.30. The van der Waals surface area contributed by atoms with Gasteiger partial charge < -0.3 is 5.32 Å². The van der Waals surface area contributed by atoms with Crippen molar-refractivity contribution in [2.24, 2.45) is 5.92 Å². The monoisotopic (exact) mass is 337 g/mol. The van der Waals surface area contributed by atoms with Crippen LogP contribution in [0.5, 0.6) is 0 Å². The van der Waals surface area contributed by atoms with Crippen LogP contribution in [-0.4, -0.2) is 40.2 Å². The van der Waals surface area contributed by atoms with Gasteiger partial charge in [-0.15, -0.1) is 0 Å². The van der Waals surface area contributed by atoms with Crippen molar-refractivity contribution in [3.8, 4) is 6.07 Å². The minimum atomic E-state index is -0.0621. The molecule has 1 aliphatic rings. The number of aryl methyl sites for hydroxylation is 1. The third-order valence-electron chi connectivity index (χ3n) is 4.67. The van der Waals surface area contributed by atoms with E-state index in [0.29, 0.717) is 18.0 Å². The van der Waals surface area contributed by atoms with Crippen molar-refractivity contribution in [3.05, 3.63) is 53.3 Å². The maximum Gasteiger partial charge on any atom is 0.254 e. The van der Waals surface area contributed by atoms with E-state index in [2.05, 4.69) is 21.4 Å². The number of benzene rings is 1. The van der Waals surface area contributed by atoms with Gasteiger partial charge in [-0.2, -0.15) is 10.4 Å². The molecule has 1 fully saturated rings. The summed E-state index contributed by atoms with van der Waals surface area (Å²) >= 11 is 0. The summed E-state index contributed by atoms with van der Waals surface area (Å²) in [6.45, 7) is 6.15. The molecule has 0 spiro atoms. The van der Waals surface area contributed by atoms with E-state index < -0.39 is 0 Å². The van der Waals surface area contributed by atoms with E-state index >= 15 is 0 Å². The lowest BCUT2D eigenvalue weighted by molar-refractivity contribution is 0.0947. The van der Waals surface area contributed by atoms with E-state index in [1.807, 2.05) is 31.2 Å². The van der Waals surface area contributed by atoms with Crippen molar-refractivity contribution in [2.45, 2.75) is 26.4 Å². The first-order valence-corrected chi connectivity index (χ1v) is 8.70. The Morgan fingerprint density at radius 1 is 1.44 bits per heavy atom. The number of carbonyl (C=O) groups excluding carboxylic acids is 1. The van der Waals surface area contributed by atoms with E-state index in [0.717, 1.165) is 43.7 Å². The number of likely N-dealkylation sites (tertiary alicyclic amines) is 1. The summed E-state index contributed by atoms with van der Waals surface area (Å²) in [5.41, 5.74) is 2.42. The van der Waals surface area contributed by atoms with Gasteiger partial charge in [0.15, 0.2) is 0 Å².